The Morgan fingerprint density at radius 3 is 1.87 bits per heavy atom. The highest BCUT2D eigenvalue weighted by Crippen LogP contribution is 2.52. The van der Waals surface area contributed by atoms with Crippen molar-refractivity contribution in [2.75, 3.05) is 11.9 Å². The molecule has 1 saturated heterocycles. The molecule has 3 amide bonds. The molecule has 3 aliphatic rings. The number of benzene rings is 1. The van der Waals surface area contributed by atoms with E-state index in [1.54, 1.807) is 5.32 Å². The summed E-state index contributed by atoms with van der Waals surface area (Å²) in [6.07, 6.45) is -6.43. The standard InChI is InChI=1S/C20H16F6N2O3/c21-19(22,23)11-2-1-3-12(20(24,25)26)16(11)27-13(29)6-7-28-17(30)14-9-4-5-10(8-9)15(14)18(28)31/h1-5,9-10,14-15H,6-8H2,(H,27,29)/t9-,10-,14-,15-/m0/s1. The van der Waals surface area contributed by atoms with Gasteiger partial charge in [-0.15, -0.1) is 0 Å². The molecule has 0 unspecified atom stereocenters. The molecular formula is C20H16F6N2O3. The van der Waals surface area contributed by atoms with Crippen molar-refractivity contribution in [3.63, 3.8) is 0 Å². The first kappa shape index (κ1) is 21.4. The van der Waals surface area contributed by atoms with Gasteiger partial charge in [0.05, 0.1) is 28.7 Å². The number of alkyl halides is 6. The molecule has 1 N–H and O–H groups in total. The molecule has 1 aromatic rings. The van der Waals surface area contributed by atoms with Gasteiger partial charge in [0.2, 0.25) is 17.7 Å². The molecule has 1 heterocycles. The number of carbonyl (C=O) groups excluding carboxylic acids is 3. The Morgan fingerprint density at radius 1 is 0.935 bits per heavy atom. The number of imide groups is 1. The number of halogens is 6. The summed E-state index contributed by atoms with van der Waals surface area (Å²) >= 11 is 0. The Balaban J connectivity index is 1.49. The van der Waals surface area contributed by atoms with Crippen LogP contribution >= 0.6 is 0 Å². The lowest BCUT2D eigenvalue weighted by Crippen LogP contribution is -2.35. The number of hydrogen-bond donors (Lipinski definition) is 1. The Morgan fingerprint density at radius 2 is 1.42 bits per heavy atom. The van der Waals surface area contributed by atoms with Gasteiger partial charge in [0.15, 0.2) is 0 Å². The molecule has 0 aromatic heterocycles. The molecule has 4 rings (SSSR count). The van der Waals surface area contributed by atoms with Crippen molar-refractivity contribution >= 4 is 23.4 Å². The van der Waals surface area contributed by atoms with Crippen LogP contribution in [0.4, 0.5) is 32.0 Å². The van der Waals surface area contributed by atoms with E-state index in [2.05, 4.69) is 0 Å². The summed E-state index contributed by atoms with van der Waals surface area (Å²) < 4.78 is 79.1. The normalized spacial score (nSPS) is 27.2. The Hall–Kier alpha value is -2.85. The minimum atomic E-state index is -5.13. The van der Waals surface area contributed by atoms with Gasteiger partial charge in [-0.25, -0.2) is 0 Å². The maximum atomic E-state index is 13.2. The van der Waals surface area contributed by atoms with Crippen molar-refractivity contribution < 1.29 is 40.7 Å². The number of carbonyl (C=O) groups is 3. The number of hydrogen-bond acceptors (Lipinski definition) is 3. The van der Waals surface area contributed by atoms with E-state index >= 15 is 0 Å². The van der Waals surface area contributed by atoms with Crippen LogP contribution in [0.1, 0.15) is 24.0 Å². The van der Waals surface area contributed by atoms with Crippen molar-refractivity contribution in [2.24, 2.45) is 23.7 Å². The van der Waals surface area contributed by atoms with Gasteiger partial charge in [-0.05, 0) is 30.4 Å². The summed E-state index contributed by atoms with van der Waals surface area (Å²) in [5.74, 6) is -3.20. The summed E-state index contributed by atoms with van der Waals surface area (Å²) in [6.45, 7) is -0.411. The fourth-order valence-corrected chi connectivity index (χ4v) is 4.76. The first-order valence-corrected chi connectivity index (χ1v) is 9.50. The zero-order chi connectivity index (χ0) is 22.7. The highest BCUT2D eigenvalue weighted by atomic mass is 19.4. The van der Waals surface area contributed by atoms with Crippen molar-refractivity contribution in [1.29, 1.82) is 0 Å². The minimum absolute atomic E-state index is 0.0571. The Kier molecular flexibility index (Phi) is 4.90. The van der Waals surface area contributed by atoms with Crippen LogP contribution in [0.15, 0.2) is 30.4 Å². The van der Waals surface area contributed by atoms with E-state index in [0.29, 0.717) is 24.6 Å². The van der Waals surface area contributed by atoms with Gasteiger partial charge < -0.3 is 5.32 Å². The third-order valence-electron chi connectivity index (χ3n) is 6.06. The number of nitrogens with one attached hydrogen (secondary N) is 1. The van der Waals surface area contributed by atoms with E-state index in [1.165, 1.54) is 0 Å². The monoisotopic (exact) mass is 446 g/mol. The van der Waals surface area contributed by atoms with Gasteiger partial charge >= 0.3 is 12.4 Å². The van der Waals surface area contributed by atoms with E-state index in [9.17, 15) is 40.7 Å². The first-order valence-electron chi connectivity index (χ1n) is 9.50. The Bertz CT molecular complexity index is 922. The third kappa shape index (κ3) is 3.59. The summed E-state index contributed by atoms with van der Waals surface area (Å²) in [5.41, 5.74) is -4.67. The molecule has 11 heteroatoms. The summed E-state index contributed by atoms with van der Waals surface area (Å²) in [7, 11) is 0. The van der Waals surface area contributed by atoms with Gasteiger partial charge in [0.25, 0.3) is 0 Å². The quantitative estimate of drug-likeness (QED) is 0.434. The van der Waals surface area contributed by atoms with Gasteiger partial charge in [-0.1, -0.05) is 18.2 Å². The van der Waals surface area contributed by atoms with Crippen LogP contribution in [0.5, 0.6) is 0 Å². The highest BCUT2D eigenvalue weighted by Gasteiger charge is 2.59. The lowest BCUT2D eigenvalue weighted by Gasteiger charge is -2.20. The summed E-state index contributed by atoms with van der Waals surface area (Å²) in [6, 6.07) is 1.47. The van der Waals surface area contributed by atoms with Gasteiger partial charge in [-0.2, -0.15) is 26.3 Å². The van der Waals surface area contributed by atoms with Crippen LogP contribution in [0, 0.1) is 23.7 Å². The number of fused-ring (bicyclic) bond motifs is 5. The lowest BCUT2D eigenvalue weighted by atomic mass is 9.85. The molecule has 1 aliphatic heterocycles. The van der Waals surface area contributed by atoms with Crippen molar-refractivity contribution in [1.82, 2.24) is 4.90 Å². The topological polar surface area (TPSA) is 66.5 Å². The lowest BCUT2D eigenvalue weighted by molar-refractivity contribution is -0.142. The van der Waals surface area contributed by atoms with Crippen LogP contribution in [-0.4, -0.2) is 29.2 Å². The number of anilines is 1. The second-order valence-electron chi connectivity index (χ2n) is 7.85. The van der Waals surface area contributed by atoms with E-state index in [0.717, 1.165) is 4.90 Å². The van der Waals surface area contributed by atoms with E-state index in [-0.39, 0.29) is 11.8 Å². The second kappa shape index (κ2) is 7.10. The smallest absolute Gasteiger partial charge is 0.325 e. The summed E-state index contributed by atoms with van der Waals surface area (Å²) in [4.78, 5) is 38.3. The largest absolute Gasteiger partial charge is 0.418 e. The van der Waals surface area contributed by atoms with Gasteiger partial charge in [0.1, 0.15) is 0 Å². The van der Waals surface area contributed by atoms with Crippen LogP contribution < -0.4 is 5.32 Å². The number of amides is 3. The van der Waals surface area contributed by atoms with E-state index in [1.807, 2.05) is 12.2 Å². The molecular weight excluding hydrogens is 430 g/mol. The predicted octanol–water partition coefficient (Wildman–Crippen LogP) is 3.86. The van der Waals surface area contributed by atoms with Crippen LogP contribution in [0.2, 0.25) is 0 Å². The number of nitrogens with zero attached hydrogens (tertiary/aromatic N) is 1. The minimum Gasteiger partial charge on any atom is -0.325 e. The molecule has 0 radical (unpaired) electrons. The summed E-state index contributed by atoms with van der Waals surface area (Å²) in [5, 5.41) is 1.69. The molecule has 1 saturated carbocycles. The fraction of sp³-hybridized carbons (Fsp3) is 0.450. The maximum Gasteiger partial charge on any atom is 0.418 e. The number of rotatable bonds is 4. The van der Waals surface area contributed by atoms with Gasteiger partial charge in [-0.3, -0.25) is 19.3 Å². The molecule has 2 bridgehead atoms. The third-order valence-corrected chi connectivity index (χ3v) is 6.06. The molecule has 0 spiro atoms. The molecule has 2 fully saturated rings. The highest BCUT2D eigenvalue weighted by molar-refractivity contribution is 6.06. The number of allylic oxidation sites excluding steroid dienone is 2. The van der Waals surface area contributed by atoms with Crippen molar-refractivity contribution in [2.45, 2.75) is 25.2 Å². The fourth-order valence-electron chi connectivity index (χ4n) is 4.76. The SMILES string of the molecule is O=C(CCN1C(=O)[C@@H]2[C@@H](C1=O)[C@H]1C=C[C@H]2C1)Nc1c(C(F)(F)F)cccc1C(F)(F)F. The first-order chi connectivity index (χ1) is 14.4. The van der Waals surface area contributed by atoms with Crippen LogP contribution in [-0.2, 0) is 26.7 Å². The van der Waals surface area contributed by atoms with Crippen LogP contribution in [0.3, 0.4) is 0 Å². The van der Waals surface area contributed by atoms with Crippen molar-refractivity contribution in [3.05, 3.63) is 41.5 Å². The average molecular weight is 446 g/mol. The second-order valence-corrected chi connectivity index (χ2v) is 7.85. The molecule has 31 heavy (non-hydrogen) atoms. The Labute approximate surface area is 172 Å². The molecule has 166 valence electrons. The van der Waals surface area contributed by atoms with Crippen molar-refractivity contribution in [3.8, 4) is 0 Å². The molecule has 2 aliphatic carbocycles. The maximum absolute atomic E-state index is 13.2. The predicted molar refractivity (Wildman–Crippen MR) is 94.1 cm³/mol. The molecule has 5 nitrogen and oxygen atoms in total. The van der Waals surface area contributed by atoms with E-state index < -0.39 is 71.7 Å². The number of para-hydroxylation sites is 1. The zero-order valence-corrected chi connectivity index (χ0v) is 15.8. The van der Waals surface area contributed by atoms with E-state index in [4.69, 9.17) is 0 Å². The number of likely N-dealkylation sites (tertiary alicyclic amines) is 1. The molecule has 4 atom stereocenters. The zero-order valence-electron chi connectivity index (χ0n) is 15.8. The van der Waals surface area contributed by atoms with Crippen LogP contribution in [0.25, 0.3) is 0 Å². The average Bonchev–Trinajstić information content (AvgIpc) is 3.33. The van der Waals surface area contributed by atoms with Gasteiger partial charge in [0, 0.05) is 13.0 Å². The molecule has 1 aromatic carbocycles.